The molecule has 3 rings (SSSR count). The van der Waals surface area contributed by atoms with Gasteiger partial charge in [-0.05, 0) is 30.9 Å². The summed E-state index contributed by atoms with van der Waals surface area (Å²) in [5, 5.41) is 5.33. The van der Waals surface area contributed by atoms with E-state index < -0.39 is 0 Å². The van der Waals surface area contributed by atoms with Gasteiger partial charge in [0.2, 0.25) is 0 Å². The van der Waals surface area contributed by atoms with Crippen molar-refractivity contribution in [1.82, 2.24) is 5.16 Å². The van der Waals surface area contributed by atoms with Gasteiger partial charge in [0.05, 0.1) is 5.39 Å². The Labute approximate surface area is 101 Å². The van der Waals surface area contributed by atoms with Gasteiger partial charge in [-0.1, -0.05) is 29.9 Å². The third kappa shape index (κ3) is 1.71. The van der Waals surface area contributed by atoms with Crippen LogP contribution in [-0.2, 0) is 0 Å². The Bertz CT molecular complexity index is 538. The van der Waals surface area contributed by atoms with Gasteiger partial charge in [0.15, 0.2) is 11.4 Å². The van der Waals surface area contributed by atoms with Gasteiger partial charge in [-0.15, -0.1) is 0 Å². The molecule has 1 aliphatic rings. The van der Waals surface area contributed by atoms with Gasteiger partial charge in [0.25, 0.3) is 0 Å². The molecule has 88 valence electrons. The van der Waals surface area contributed by atoms with Crippen molar-refractivity contribution in [3.8, 4) is 0 Å². The zero-order valence-corrected chi connectivity index (χ0v) is 9.85. The highest BCUT2D eigenvalue weighted by atomic mass is 16.5. The zero-order chi connectivity index (χ0) is 11.7. The Kier molecular flexibility index (Phi) is 2.59. The number of hydrogen-bond acceptors (Lipinski definition) is 3. The van der Waals surface area contributed by atoms with Crippen LogP contribution < -0.4 is 4.90 Å². The number of nitrogens with zero attached hydrogens (tertiary/aromatic N) is 2. The molecule has 1 aliphatic heterocycles. The number of piperidine rings is 1. The monoisotopic (exact) mass is 228 g/mol. The second-order valence-electron chi connectivity index (χ2n) is 4.48. The molecule has 0 amide bonds. The maximum Gasteiger partial charge on any atom is 0.180 e. The second kappa shape index (κ2) is 4.24. The van der Waals surface area contributed by atoms with Crippen LogP contribution in [-0.4, -0.2) is 18.2 Å². The van der Waals surface area contributed by atoms with E-state index in [1.807, 2.05) is 18.2 Å². The molecule has 3 heteroatoms. The number of fused-ring (bicyclic) bond motifs is 1. The summed E-state index contributed by atoms with van der Waals surface area (Å²) >= 11 is 0. The molecule has 2 aromatic rings. The van der Waals surface area contributed by atoms with Gasteiger partial charge in [-0.25, -0.2) is 0 Å². The first-order valence-electron chi connectivity index (χ1n) is 6.16. The minimum atomic E-state index is 0.850. The fourth-order valence-corrected chi connectivity index (χ4v) is 2.49. The van der Waals surface area contributed by atoms with E-state index in [1.165, 1.54) is 19.3 Å². The van der Waals surface area contributed by atoms with E-state index in [1.54, 1.807) is 0 Å². The fraction of sp³-hybridized carbons (Fsp3) is 0.357. The summed E-state index contributed by atoms with van der Waals surface area (Å²) in [5.41, 5.74) is 1.95. The summed E-state index contributed by atoms with van der Waals surface area (Å²) in [5.74, 6) is 0.982. The number of hydrogen-bond donors (Lipinski definition) is 0. The molecule has 17 heavy (non-hydrogen) atoms. The predicted octanol–water partition coefficient (Wildman–Crippen LogP) is 3.46. The third-order valence-electron chi connectivity index (χ3n) is 3.39. The highest BCUT2D eigenvalue weighted by molar-refractivity contribution is 5.95. The van der Waals surface area contributed by atoms with Crippen molar-refractivity contribution >= 4 is 22.9 Å². The van der Waals surface area contributed by atoms with Gasteiger partial charge >= 0.3 is 0 Å². The molecule has 0 radical (unpaired) electrons. The Hall–Kier alpha value is -1.77. The van der Waals surface area contributed by atoms with Crippen LogP contribution in [0.4, 0.5) is 5.82 Å². The first-order chi connectivity index (χ1) is 8.40. The maximum absolute atomic E-state index is 5.41. The first kappa shape index (κ1) is 10.4. The van der Waals surface area contributed by atoms with Crippen LogP contribution in [0, 0.1) is 0 Å². The molecule has 3 nitrogen and oxygen atoms in total. The van der Waals surface area contributed by atoms with Gasteiger partial charge < -0.3 is 9.42 Å². The molecule has 0 atom stereocenters. The van der Waals surface area contributed by atoms with E-state index in [0.29, 0.717) is 0 Å². The van der Waals surface area contributed by atoms with Crippen molar-refractivity contribution < 1.29 is 4.52 Å². The average molecular weight is 228 g/mol. The maximum atomic E-state index is 5.41. The minimum absolute atomic E-state index is 0.850. The second-order valence-corrected chi connectivity index (χ2v) is 4.48. The summed E-state index contributed by atoms with van der Waals surface area (Å²) in [6.07, 6.45) is 5.67. The largest absolute Gasteiger partial charge is 0.354 e. The Morgan fingerprint density at radius 3 is 2.82 bits per heavy atom. The van der Waals surface area contributed by atoms with Crippen LogP contribution in [0.25, 0.3) is 17.0 Å². The summed E-state index contributed by atoms with van der Waals surface area (Å²) in [7, 11) is 0. The van der Waals surface area contributed by atoms with Gasteiger partial charge in [0, 0.05) is 13.1 Å². The number of rotatable bonds is 2. The zero-order valence-electron chi connectivity index (χ0n) is 9.85. The summed E-state index contributed by atoms with van der Waals surface area (Å²) in [6.45, 7) is 6.01. The molecule has 0 unspecified atom stereocenters. The lowest BCUT2D eigenvalue weighted by molar-refractivity contribution is 0.450. The molecular weight excluding hydrogens is 212 g/mol. The van der Waals surface area contributed by atoms with E-state index in [9.17, 15) is 0 Å². The smallest absolute Gasteiger partial charge is 0.180 e. The average Bonchev–Trinajstić information content (AvgIpc) is 2.83. The summed E-state index contributed by atoms with van der Waals surface area (Å²) in [6, 6.07) is 5.99. The van der Waals surface area contributed by atoms with Crippen molar-refractivity contribution in [2.45, 2.75) is 19.3 Å². The number of anilines is 1. The molecule has 0 spiro atoms. The quantitative estimate of drug-likeness (QED) is 0.788. The summed E-state index contributed by atoms with van der Waals surface area (Å²) < 4.78 is 5.41. The standard InChI is InChI=1S/C14H16N2O/c1-2-11-7-6-8-12-13(11)14(15-17-12)16-9-4-3-5-10-16/h2,6-8H,1,3-5,9-10H2. The van der Waals surface area contributed by atoms with Crippen LogP contribution in [0.1, 0.15) is 24.8 Å². The molecule has 0 bridgehead atoms. The van der Waals surface area contributed by atoms with Gasteiger partial charge in [-0.3, -0.25) is 0 Å². The summed E-state index contributed by atoms with van der Waals surface area (Å²) in [4.78, 5) is 2.32. The normalized spacial score (nSPS) is 16.4. The molecule has 0 aliphatic carbocycles. The van der Waals surface area contributed by atoms with Crippen LogP contribution >= 0.6 is 0 Å². The third-order valence-corrected chi connectivity index (χ3v) is 3.39. The van der Waals surface area contributed by atoms with Crippen LogP contribution in [0.3, 0.4) is 0 Å². The molecule has 0 saturated carbocycles. The molecule has 1 aromatic heterocycles. The van der Waals surface area contributed by atoms with Crippen LogP contribution in [0.5, 0.6) is 0 Å². The van der Waals surface area contributed by atoms with Crippen molar-refractivity contribution in [1.29, 1.82) is 0 Å². The SMILES string of the molecule is C=Cc1cccc2onc(N3CCCCC3)c12. The topological polar surface area (TPSA) is 29.3 Å². The lowest BCUT2D eigenvalue weighted by Gasteiger charge is -2.26. The number of aromatic nitrogens is 1. The van der Waals surface area contributed by atoms with E-state index in [4.69, 9.17) is 4.52 Å². The fourth-order valence-electron chi connectivity index (χ4n) is 2.49. The molecule has 1 aromatic carbocycles. The van der Waals surface area contributed by atoms with Gasteiger partial charge in [0.1, 0.15) is 0 Å². The van der Waals surface area contributed by atoms with E-state index in [2.05, 4.69) is 22.7 Å². The highest BCUT2D eigenvalue weighted by Crippen LogP contribution is 2.31. The van der Waals surface area contributed by atoms with E-state index in [0.717, 1.165) is 35.4 Å². The highest BCUT2D eigenvalue weighted by Gasteiger charge is 2.19. The minimum Gasteiger partial charge on any atom is -0.354 e. The number of benzene rings is 1. The molecule has 1 fully saturated rings. The predicted molar refractivity (Wildman–Crippen MR) is 70.2 cm³/mol. The molecule has 0 N–H and O–H groups in total. The first-order valence-corrected chi connectivity index (χ1v) is 6.16. The van der Waals surface area contributed by atoms with Gasteiger partial charge in [-0.2, -0.15) is 0 Å². The molecule has 2 heterocycles. The van der Waals surface area contributed by atoms with E-state index >= 15 is 0 Å². The Morgan fingerprint density at radius 1 is 1.24 bits per heavy atom. The lowest BCUT2D eigenvalue weighted by atomic mass is 10.1. The Morgan fingerprint density at radius 2 is 2.06 bits per heavy atom. The van der Waals surface area contributed by atoms with Crippen molar-refractivity contribution in [2.24, 2.45) is 0 Å². The van der Waals surface area contributed by atoms with E-state index in [-0.39, 0.29) is 0 Å². The molecular formula is C14H16N2O. The van der Waals surface area contributed by atoms with Crippen molar-refractivity contribution in [3.05, 3.63) is 30.3 Å². The van der Waals surface area contributed by atoms with Crippen LogP contribution in [0.2, 0.25) is 0 Å². The molecule has 1 saturated heterocycles. The lowest BCUT2D eigenvalue weighted by Crippen LogP contribution is -2.29. The van der Waals surface area contributed by atoms with Crippen LogP contribution in [0.15, 0.2) is 29.3 Å². The Balaban J connectivity index is 2.12. The van der Waals surface area contributed by atoms with Crippen molar-refractivity contribution in [3.63, 3.8) is 0 Å². The van der Waals surface area contributed by atoms with Crippen molar-refractivity contribution in [2.75, 3.05) is 18.0 Å².